The molecule has 0 amide bonds. The molecular formula is C13H16F3NO. The SMILES string of the molecule is NCC1(c2ccc(C(F)(F)F)cc2O)CCCC1. The van der Waals surface area contributed by atoms with E-state index in [0.717, 1.165) is 37.8 Å². The first kappa shape index (κ1) is 13.2. The van der Waals surface area contributed by atoms with Gasteiger partial charge in [0.1, 0.15) is 5.75 Å². The summed E-state index contributed by atoms with van der Waals surface area (Å²) in [4.78, 5) is 0. The molecule has 1 aliphatic carbocycles. The molecule has 0 heterocycles. The summed E-state index contributed by atoms with van der Waals surface area (Å²) in [7, 11) is 0. The predicted molar refractivity (Wildman–Crippen MR) is 62.3 cm³/mol. The summed E-state index contributed by atoms with van der Waals surface area (Å²) in [5, 5.41) is 9.86. The summed E-state index contributed by atoms with van der Waals surface area (Å²) in [6.07, 6.45) is -0.790. The quantitative estimate of drug-likeness (QED) is 0.856. The monoisotopic (exact) mass is 259 g/mol. The number of hydrogen-bond acceptors (Lipinski definition) is 2. The van der Waals surface area contributed by atoms with Crippen LogP contribution in [0.15, 0.2) is 18.2 Å². The van der Waals surface area contributed by atoms with Crippen molar-refractivity contribution < 1.29 is 18.3 Å². The lowest BCUT2D eigenvalue weighted by molar-refractivity contribution is -0.137. The summed E-state index contributed by atoms with van der Waals surface area (Å²) in [6, 6.07) is 3.19. The van der Waals surface area contributed by atoms with Gasteiger partial charge in [0.05, 0.1) is 5.56 Å². The van der Waals surface area contributed by atoms with Crippen molar-refractivity contribution in [3.8, 4) is 5.75 Å². The second kappa shape index (κ2) is 4.46. The molecule has 1 aliphatic rings. The van der Waals surface area contributed by atoms with E-state index in [1.54, 1.807) is 0 Å². The van der Waals surface area contributed by atoms with E-state index in [1.165, 1.54) is 6.07 Å². The molecule has 2 nitrogen and oxygen atoms in total. The Morgan fingerprint density at radius 2 is 1.83 bits per heavy atom. The van der Waals surface area contributed by atoms with Crippen molar-refractivity contribution in [3.63, 3.8) is 0 Å². The van der Waals surface area contributed by atoms with E-state index in [9.17, 15) is 18.3 Å². The second-order valence-electron chi connectivity index (χ2n) is 4.92. The van der Waals surface area contributed by atoms with Crippen LogP contribution in [-0.2, 0) is 11.6 Å². The lowest BCUT2D eigenvalue weighted by Gasteiger charge is -2.29. The fourth-order valence-electron chi connectivity index (χ4n) is 2.79. The van der Waals surface area contributed by atoms with Gasteiger partial charge in [0.2, 0.25) is 0 Å². The molecule has 1 fully saturated rings. The zero-order valence-corrected chi connectivity index (χ0v) is 9.93. The van der Waals surface area contributed by atoms with Crippen molar-refractivity contribution in [2.45, 2.75) is 37.3 Å². The molecule has 1 saturated carbocycles. The molecule has 3 N–H and O–H groups in total. The normalized spacial score (nSPS) is 19.1. The Morgan fingerprint density at radius 1 is 1.22 bits per heavy atom. The first-order chi connectivity index (χ1) is 8.39. The van der Waals surface area contributed by atoms with Gasteiger partial charge in [-0.25, -0.2) is 0 Å². The standard InChI is InChI=1S/C13H16F3NO/c14-13(15,16)9-3-4-10(11(18)7-9)12(8-17)5-1-2-6-12/h3-4,7,18H,1-2,5-6,8,17H2. The van der Waals surface area contributed by atoms with Gasteiger partial charge in [-0.2, -0.15) is 13.2 Å². The van der Waals surface area contributed by atoms with Gasteiger partial charge < -0.3 is 10.8 Å². The maximum absolute atomic E-state index is 12.5. The van der Waals surface area contributed by atoms with Crippen LogP contribution in [0.25, 0.3) is 0 Å². The third kappa shape index (κ3) is 2.19. The Balaban J connectivity index is 2.41. The van der Waals surface area contributed by atoms with Crippen molar-refractivity contribution in [1.29, 1.82) is 0 Å². The number of phenols is 1. The van der Waals surface area contributed by atoms with Crippen LogP contribution in [0.4, 0.5) is 13.2 Å². The van der Waals surface area contributed by atoms with Crippen LogP contribution in [0.2, 0.25) is 0 Å². The summed E-state index contributed by atoms with van der Waals surface area (Å²) in [5.41, 5.74) is 5.13. The molecule has 18 heavy (non-hydrogen) atoms. The van der Waals surface area contributed by atoms with Crippen LogP contribution in [0.3, 0.4) is 0 Å². The molecule has 0 aromatic heterocycles. The maximum atomic E-state index is 12.5. The van der Waals surface area contributed by atoms with E-state index in [2.05, 4.69) is 0 Å². The van der Waals surface area contributed by atoms with Crippen LogP contribution in [-0.4, -0.2) is 11.7 Å². The van der Waals surface area contributed by atoms with Gasteiger partial charge in [-0.3, -0.25) is 0 Å². The molecule has 2 rings (SSSR count). The fourth-order valence-corrected chi connectivity index (χ4v) is 2.79. The molecule has 0 aliphatic heterocycles. The van der Waals surface area contributed by atoms with Crippen molar-refractivity contribution >= 4 is 0 Å². The molecule has 100 valence electrons. The highest BCUT2D eigenvalue weighted by atomic mass is 19.4. The molecule has 5 heteroatoms. The number of alkyl halides is 3. The molecular weight excluding hydrogens is 243 g/mol. The minimum Gasteiger partial charge on any atom is -0.508 e. The van der Waals surface area contributed by atoms with Gasteiger partial charge in [0, 0.05) is 17.5 Å². The van der Waals surface area contributed by atoms with Crippen LogP contribution >= 0.6 is 0 Å². The average Bonchev–Trinajstić information content (AvgIpc) is 2.77. The highest BCUT2D eigenvalue weighted by Gasteiger charge is 2.38. The number of aromatic hydroxyl groups is 1. The lowest BCUT2D eigenvalue weighted by Crippen LogP contribution is -2.32. The highest BCUT2D eigenvalue weighted by molar-refractivity contribution is 5.43. The number of nitrogens with two attached hydrogens (primary N) is 1. The van der Waals surface area contributed by atoms with Crippen molar-refractivity contribution in [2.75, 3.05) is 6.54 Å². The zero-order valence-electron chi connectivity index (χ0n) is 9.93. The van der Waals surface area contributed by atoms with Gasteiger partial charge >= 0.3 is 6.18 Å². The Bertz CT molecular complexity index is 436. The third-order valence-electron chi connectivity index (χ3n) is 3.85. The average molecular weight is 259 g/mol. The summed E-state index contributed by atoms with van der Waals surface area (Å²) in [6.45, 7) is 0.353. The van der Waals surface area contributed by atoms with Gasteiger partial charge in [-0.1, -0.05) is 18.9 Å². The van der Waals surface area contributed by atoms with Crippen LogP contribution in [0, 0.1) is 0 Å². The molecule has 0 radical (unpaired) electrons. The molecule has 1 aromatic rings. The van der Waals surface area contributed by atoms with Gasteiger partial charge in [0.15, 0.2) is 0 Å². The maximum Gasteiger partial charge on any atom is 0.416 e. The van der Waals surface area contributed by atoms with E-state index in [1.807, 2.05) is 0 Å². The van der Waals surface area contributed by atoms with E-state index in [4.69, 9.17) is 5.73 Å². The molecule has 0 spiro atoms. The number of benzene rings is 1. The third-order valence-corrected chi connectivity index (χ3v) is 3.85. The predicted octanol–water partition coefficient (Wildman–Crippen LogP) is 3.18. The van der Waals surface area contributed by atoms with Crippen LogP contribution < -0.4 is 5.73 Å². The minimum absolute atomic E-state index is 0.294. The van der Waals surface area contributed by atoms with Crippen LogP contribution in [0.5, 0.6) is 5.75 Å². The lowest BCUT2D eigenvalue weighted by atomic mass is 9.78. The summed E-state index contributed by atoms with van der Waals surface area (Å²) >= 11 is 0. The Morgan fingerprint density at radius 3 is 2.28 bits per heavy atom. The van der Waals surface area contributed by atoms with E-state index < -0.39 is 11.7 Å². The first-order valence-corrected chi connectivity index (χ1v) is 6.00. The largest absolute Gasteiger partial charge is 0.508 e. The summed E-state index contributed by atoms with van der Waals surface area (Å²) < 4.78 is 37.6. The number of halogens is 3. The Hall–Kier alpha value is -1.23. The Labute approximate surface area is 104 Å². The smallest absolute Gasteiger partial charge is 0.416 e. The minimum atomic E-state index is -4.43. The van der Waals surface area contributed by atoms with Crippen molar-refractivity contribution in [2.24, 2.45) is 5.73 Å². The molecule has 0 atom stereocenters. The Kier molecular flexibility index (Phi) is 3.27. The number of hydrogen-bond donors (Lipinski definition) is 2. The molecule has 0 unspecified atom stereocenters. The van der Waals surface area contributed by atoms with Crippen molar-refractivity contribution in [3.05, 3.63) is 29.3 Å². The number of rotatable bonds is 2. The van der Waals surface area contributed by atoms with E-state index in [-0.39, 0.29) is 11.2 Å². The van der Waals surface area contributed by atoms with Gasteiger partial charge in [-0.15, -0.1) is 0 Å². The second-order valence-corrected chi connectivity index (χ2v) is 4.92. The molecule has 0 saturated heterocycles. The van der Waals surface area contributed by atoms with E-state index >= 15 is 0 Å². The van der Waals surface area contributed by atoms with Gasteiger partial charge in [0.25, 0.3) is 0 Å². The summed E-state index contributed by atoms with van der Waals surface area (Å²) in [5.74, 6) is -0.294. The van der Waals surface area contributed by atoms with Crippen molar-refractivity contribution in [1.82, 2.24) is 0 Å². The molecule has 1 aromatic carbocycles. The highest BCUT2D eigenvalue weighted by Crippen LogP contribution is 2.45. The fraction of sp³-hybridized carbons (Fsp3) is 0.538. The molecule has 0 bridgehead atoms. The number of phenolic OH excluding ortho intramolecular Hbond substituents is 1. The topological polar surface area (TPSA) is 46.2 Å². The van der Waals surface area contributed by atoms with Gasteiger partial charge in [-0.05, 0) is 25.0 Å². The first-order valence-electron chi connectivity index (χ1n) is 6.00. The van der Waals surface area contributed by atoms with Crippen LogP contribution in [0.1, 0.15) is 36.8 Å². The van der Waals surface area contributed by atoms with E-state index in [0.29, 0.717) is 12.1 Å². The zero-order chi connectivity index (χ0) is 13.4.